The molecule has 6 heteroatoms. The van der Waals surface area contributed by atoms with Gasteiger partial charge in [0.25, 0.3) is 5.91 Å². The van der Waals surface area contributed by atoms with E-state index in [1.807, 2.05) is 48.5 Å². The molecule has 0 spiro atoms. The highest BCUT2D eigenvalue weighted by Crippen LogP contribution is 2.34. The smallest absolute Gasteiger partial charge is 0.251 e. The molecule has 5 nitrogen and oxygen atoms in total. The van der Waals surface area contributed by atoms with Crippen LogP contribution in [0.25, 0.3) is 11.1 Å². The van der Waals surface area contributed by atoms with Gasteiger partial charge in [-0.15, -0.1) is 0 Å². The summed E-state index contributed by atoms with van der Waals surface area (Å²) in [5, 5.41) is 15.0. The molecule has 0 bridgehead atoms. The van der Waals surface area contributed by atoms with Crippen molar-refractivity contribution in [2.24, 2.45) is 0 Å². The normalized spacial score (nSPS) is 15.7. The van der Waals surface area contributed by atoms with E-state index in [4.69, 9.17) is 0 Å². The first-order valence-corrected chi connectivity index (χ1v) is 13.6. The Balaban J connectivity index is 1.77. The molecule has 29 heavy (non-hydrogen) atoms. The fourth-order valence-electron chi connectivity index (χ4n) is 3.25. The van der Waals surface area contributed by atoms with E-state index >= 15 is 0 Å². The van der Waals surface area contributed by atoms with E-state index in [9.17, 15) is 14.9 Å². The fraction of sp³-hybridized carbons (Fsp3) is 0.348. The zero-order chi connectivity index (χ0) is 21.1. The SMILES string of the molecule is C[Si](C)(C)CC(NC(=O)c1cccc(-c2ccccc2)c1)C(=O)NC1(C#N)CC1. The molecule has 1 fully saturated rings. The van der Waals surface area contributed by atoms with Crippen molar-refractivity contribution in [3.05, 3.63) is 60.2 Å². The number of carbonyl (C=O) groups is 2. The minimum absolute atomic E-state index is 0.265. The number of nitrogens with one attached hydrogen (secondary N) is 2. The maximum Gasteiger partial charge on any atom is 0.251 e. The molecule has 0 aromatic heterocycles. The second kappa shape index (κ2) is 8.22. The molecule has 1 saturated carbocycles. The van der Waals surface area contributed by atoms with Crippen molar-refractivity contribution in [1.29, 1.82) is 5.26 Å². The molecule has 0 radical (unpaired) electrons. The molecular weight excluding hydrogens is 378 g/mol. The van der Waals surface area contributed by atoms with Gasteiger partial charge < -0.3 is 10.6 Å². The highest BCUT2D eigenvalue weighted by atomic mass is 28.3. The van der Waals surface area contributed by atoms with E-state index in [2.05, 4.69) is 36.3 Å². The van der Waals surface area contributed by atoms with Gasteiger partial charge in [0.15, 0.2) is 0 Å². The van der Waals surface area contributed by atoms with E-state index in [-0.39, 0.29) is 11.8 Å². The largest absolute Gasteiger partial charge is 0.341 e. The number of carbonyl (C=O) groups excluding carboxylic acids is 2. The first-order valence-electron chi connectivity index (χ1n) is 9.91. The van der Waals surface area contributed by atoms with Crippen molar-refractivity contribution in [2.45, 2.75) is 50.1 Å². The molecule has 2 amide bonds. The first kappa shape index (κ1) is 20.8. The molecule has 150 valence electrons. The third-order valence-electron chi connectivity index (χ3n) is 5.00. The highest BCUT2D eigenvalue weighted by Gasteiger charge is 2.46. The molecule has 1 aliphatic rings. The molecule has 1 atom stereocenters. The molecule has 3 rings (SSSR count). The molecule has 1 aliphatic carbocycles. The van der Waals surface area contributed by atoms with Crippen LogP contribution in [0, 0.1) is 11.3 Å². The third-order valence-corrected chi connectivity index (χ3v) is 6.63. The Kier molecular flexibility index (Phi) is 5.90. The summed E-state index contributed by atoms with van der Waals surface area (Å²) in [5.74, 6) is -0.540. The summed E-state index contributed by atoms with van der Waals surface area (Å²) in [6, 6.07) is 19.4. The summed E-state index contributed by atoms with van der Waals surface area (Å²) < 4.78 is 0. The molecule has 0 heterocycles. The lowest BCUT2D eigenvalue weighted by Gasteiger charge is -2.26. The Hall–Kier alpha value is -2.91. The minimum atomic E-state index is -1.64. The van der Waals surface area contributed by atoms with E-state index in [0.717, 1.165) is 11.1 Å². The van der Waals surface area contributed by atoms with Crippen molar-refractivity contribution in [2.75, 3.05) is 0 Å². The maximum absolute atomic E-state index is 12.9. The lowest BCUT2D eigenvalue weighted by Crippen LogP contribution is -2.52. The third kappa shape index (κ3) is 5.55. The zero-order valence-corrected chi connectivity index (χ0v) is 18.2. The molecule has 2 N–H and O–H groups in total. The number of hydrogen-bond donors (Lipinski definition) is 2. The van der Waals surface area contributed by atoms with Crippen molar-refractivity contribution in [3.8, 4) is 17.2 Å². The lowest BCUT2D eigenvalue weighted by atomic mass is 10.0. The average molecular weight is 406 g/mol. The quantitative estimate of drug-likeness (QED) is 0.684. The maximum atomic E-state index is 12.9. The van der Waals surface area contributed by atoms with Crippen molar-refractivity contribution >= 4 is 19.9 Å². The van der Waals surface area contributed by atoms with Gasteiger partial charge in [-0.2, -0.15) is 5.26 Å². The average Bonchev–Trinajstić information content (AvgIpc) is 3.47. The summed E-state index contributed by atoms with van der Waals surface area (Å²) >= 11 is 0. The number of nitriles is 1. The Morgan fingerprint density at radius 3 is 2.31 bits per heavy atom. The standard InChI is InChI=1S/C23H27N3O2Si/c1-29(2,3)15-20(22(28)26-23(16-24)12-13-23)25-21(27)19-11-7-10-18(14-19)17-8-5-4-6-9-17/h4-11,14,20H,12-13,15H2,1-3H3,(H,25,27)(H,26,28). The Labute approximate surface area is 173 Å². The summed E-state index contributed by atoms with van der Waals surface area (Å²) in [4.78, 5) is 25.8. The van der Waals surface area contributed by atoms with E-state index < -0.39 is 19.7 Å². The van der Waals surface area contributed by atoms with Crippen LogP contribution in [-0.2, 0) is 4.79 Å². The Morgan fingerprint density at radius 2 is 1.72 bits per heavy atom. The molecule has 0 saturated heterocycles. The Bertz CT molecular complexity index is 941. The number of amides is 2. The van der Waals surface area contributed by atoms with Crippen LogP contribution >= 0.6 is 0 Å². The van der Waals surface area contributed by atoms with Gasteiger partial charge in [0.2, 0.25) is 5.91 Å². The summed E-state index contributed by atoms with van der Waals surface area (Å²) in [6.07, 6.45) is 1.34. The van der Waals surface area contributed by atoms with Crippen LogP contribution in [0.5, 0.6) is 0 Å². The number of benzene rings is 2. The predicted octanol–water partition coefficient (Wildman–Crippen LogP) is 3.96. The van der Waals surface area contributed by atoms with Gasteiger partial charge in [0, 0.05) is 13.6 Å². The summed E-state index contributed by atoms with van der Waals surface area (Å²) in [5.41, 5.74) is 1.75. The van der Waals surface area contributed by atoms with Crippen LogP contribution in [0.2, 0.25) is 25.7 Å². The van der Waals surface area contributed by atoms with Gasteiger partial charge in [-0.05, 0) is 42.1 Å². The van der Waals surface area contributed by atoms with Crippen LogP contribution < -0.4 is 10.6 Å². The van der Waals surface area contributed by atoms with Crippen molar-refractivity contribution < 1.29 is 9.59 Å². The van der Waals surface area contributed by atoms with Crippen LogP contribution in [0.1, 0.15) is 23.2 Å². The van der Waals surface area contributed by atoms with Gasteiger partial charge in [-0.25, -0.2) is 0 Å². The molecular formula is C23H27N3O2Si. The van der Waals surface area contributed by atoms with Gasteiger partial charge in [0.05, 0.1) is 6.07 Å². The van der Waals surface area contributed by atoms with E-state index in [0.29, 0.717) is 24.4 Å². The second-order valence-corrected chi connectivity index (χ2v) is 14.5. The van der Waals surface area contributed by atoms with Crippen molar-refractivity contribution in [1.82, 2.24) is 10.6 Å². The van der Waals surface area contributed by atoms with Crippen LogP contribution in [0.15, 0.2) is 54.6 Å². The van der Waals surface area contributed by atoms with E-state index in [1.165, 1.54) is 0 Å². The Morgan fingerprint density at radius 1 is 1.07 bits per heavy atom. The van der Waals surface area contributed by atoms with Gasteiger partial charge in [-0.1, -0.05) is 62.1 Å². The van der Waals surface area contributed by atoms with Crippen LogP contribution in [0.4, 0.5) is 0 Å². The molecule has 0 aliphatic heterocycles. The minimum Gasteiger partial charge on any atom is -0.341 e. The lowest BCUT2D eigenvalue weighted by molar-refractivity contribution is -0.123. The second-order valence-electron chi connectivity index (χ2n) is 8.92. The van der Waals surface area contributed by atoms with E-state index in [1.54, 1.807) is 6.07 Å². The van der Waals surface area contributed by atoms with Crippen LogP contribution in [0.3, 0.4) is 0 Å². The molecule has 1 unspecified atom stereocenters. The molecule has 2 aromatic rings. The summed E-state index contributed by atoms with van der Waals surface area (Å²) in [6.45, 7) is 6.48. The van der Waals surface area contributed by atoms with Gasteiger partial charge in [0.1, 0.15) is 11.6 Å². The number of nitrogens with zero attached hydrogens (tertiary/aromatic N) is 1. The topological polar surface area (TPSA) is 82.0 Å². The zero-order valence-electron chi connectivity index (χ0n) is 17.2. The number of rotatable bonds is 7. The number of hydrogen-bond acceptors (Lipinski definition) is 3. The van der Waals surface area contributed by atoms with Gasteiger partial charge >= 0.3 is 0 Å². The first-order chi connectivity index (χ1) is 13.7. The molecule has 2 aromatic carbocycles. The fourth-order valence-corrected chi connectivity index (χ4v) is 4.76. The summed E-state index contributed by atoms with van der Waals surface area (Å²) in [7, 11) is -1.64. The van der Waals surface area contributed by atoms with Gasteiger partial charge in [-0.3, -0.25) is 9.59 Å². The van der Waals surface area contributed by atoms with Crippen LogP contribution in [-0.4, -0.2) is 31.5 Å². The predicted molar refractivity (Wildman–Crippen MR) is 117 cm³/mol. The monoisotopic (exact) mass is 405 g/mol. The van der Waals surface area contributed by atoms with Crippen molar-refractivity contribution in [3.63, 3.8) is 0 Å². The highest BCUT2D eigenvalue weighted by molar-refractivity contribution is 6.76.